The number of hydrogen-bond donors (Lipinski definition) is 1. The van der Waals surface area contributed by atoms with Gasteiger partial charge in [-0.15, -0.1) is 0 Å². The van der Waals surface area contributed by atoms with E-state index in [4.69, 9.17) is 17.2 Å². The minimum Gasteiger partial charge on any atom is -0.331 e. The Balaban J connectivity index is 2.76. The molecule has 6 heteroatoms. The number of rotatable bonds is 5. The number of hydrogen-bond acceptors (Lipinski definition) is 4. The second-order valence-corrected chi connectivity index (χ2v) is 4.90. The molecule has 5 nitrogen and oxygen atoms in total. The smallest absolute Gasteiger partial charge is 0.331 e. The molecule has 1 aromatic carbocycles. The number of anilines is 1. The van der Waals surface area contributed by atoms with E-state index in [1.54, 1.807) is 0 Å². The van der Waals surface area contributed by atoms with Crippen molar-refractivity contribution in [2.24, 2.45) is 0 Å². The molecule has 0 fully saturated rings. The molecule has 1 N–H and O–H groups in total. The van der Waals surface area contributed by atoms with E-state index in [0.29, 0.717) is 17.6 Å². The van der Waals surface area contributed by atoms with Crippen molar-refractivity contribution in [2.45, 2.75) is 33.6 Å². The monoisotopic (exact) mass is 296 g/mol. The van der Waals surface area contributed by atoms with E-state index in [1.807, 2.05) is 31.2 Å². The standard InChI is InChI=1S/C14H20N2O3S/c1-5-16(19-18-11(4)17)14(20)15-13-9-7-6-8-12(13)10(2)3/h6-10H,5H2,1-4H3,(H,15,20). The van der Waals surface area contributed by atoms with Crippen LogP contribution in [0, 0.1) is 0 Å². The number of hydroxylamine groups is 2. The van der Waals surface area contributed by atoms with E-state index in [0.717, 1.165) is 11.3 Å². The Morgan fingerprint density at radius 1 is 1.40 bits per heavy atom. The van der Waals surface area contributed by atoms with Gasteiger partial charge in [-0.25, -0.2) is 4.79 Å². The predicted molar refractivity (Wildman–Crippen MR) is 82.0 cm³/mol. The van der Waals surface area contributed by atoms with Gasteiger partial charge in [-0.05, 0) is 36.7 Å². The molecule has 0 heterocycles. The Morgan fingerprint density at radius 2 is 2.05 bits per heavy atom. The van der Waals surface area contributed by atoms with E-state index in [2.05, 4.69) is 24.1 Å². The van der Waals surface area contributed by atoms with Crippen LogP contribution in [0.1, 0.15) is 39.2 Å². The first-order valence-corrected chi connectivity index (χ1v) is 6.89. The van der Waals surface area contributed by atoms with Gasteiger partial charge in [-0.3, -0.25) is 4.89 Å². The lowest BCUT2D eigenvalue weighted by Crippen LogP contribution is -2.35. The molecule has 0 aliphatic rings. The van der Waals surface area contributed by atoms with Gasteiger partial charge in [0, 0.05) is 19.2 Å². The summed E-state index contributed by atoms with van der Waals surface area (Å²) < 4.78 is 0. The highest BCUT2D eigenvalue weighted by Gasteiger charge is 2.13. The molecule has 0 atom stereocenters. The number of carbonyl (C=O) groups excluding carboxylic acids is 1. The first-order valence-electron chi connectivity index (χ1n) is 6.48. The van der Waals surface area contributed by atoms with Crippen LogP contribution in [0.3, 0.4) is 0 Å². The van der Waals surface area contributed by atoms with Crippen molar-refractivity contribution < 1.29 is 14.7 Å². The number of nitrogens with zero attached hydrogens (tertiary/aromatic N) is 1. The summed E-state index contributed by atoms with van der Waals surface area (Å²) in [6.45, 7) is 7.76. The predicted octanol–water partition coefficient (Wildman–Crippen LogP) is 3.24. The van der Waals surface area contributed by atoms with Gasteiger partial charge < -0.3 is 5.32 Å². The summed E-state index contributed by atoms with van der Waals surface area (Å²) in [4.78, 5) is 20.1. The molecule has 0 bridgehead atoms. The second-order valence-electron chi connectivity index (χ2n) is 4.52. The van der Waals surface area contributed by atoms with Gasteiger partial charge in [-0.2, -0.15) is 5.06 Å². The molecule has 20 heavy (non-hydrogen) atoms. The molecule has 0 unspecified atom stereocenters. The molecule has 110 valence electrons. The molecule has 0 saturated heterocycles. The molecule has 0 radical (unpaired) electrons. The molecule has 0 spiro atoms. The summed E-state index contributed by atoms with van der Waals surface area (Å²) in [5.74, 6) is -0.167. The summed E-state index contributed by atoms with van der Waals surface area (Å²) in [5.41, 5.74) is 2.07. The zero-order valence-electron chi connectivity index (χ0n) is 12.2. The summed E-state index contributed by atoms with van der Waals surface area (Å²) in [5, 5.41) is 4.74. The van der Waals surface area contributed by atoms with Gasteiger partial charge in [0.25, 0.3) is 0 Å². The number of benzene rings is 1. The molecule has 0 aliphatic carbocycles. The van der Waals surface area contributed by atoms with Crippen molar-refractivity contribution in [3.8, 4) is 0 Å². The maximum absolute atomic E-state index is 10.8. The van der Waals surface area contributed by atoms with Gasteiger partial charge in [0.2, 0.25) is 5.11 Å². The molecule has 0 aliphatic heterocycles. The third-order valence-electron chi connectivity index (χ3n) is 2.58. The fourth-order valence-corrected chi connectivity index (χ4v) is 1.89. The third kappa shape index (κ3) is 4.79. The SMILES string of the molecule is CCN(OOC(C)=O)C(=S)Nc1ccccc1C(C)C. The van der Waals surface area contributed by atoms with Crippen molar-refractivity contribution >= 4 is 29.0 Å². The van der Waals surface area contributed by atoms with Gasteiger partial charge in [0.15, 0.2) is 0 Å². The lowest BCUT2D eigenvalue weighted by molar-refractivity contribution is -0.368. The van der Waals surface area contributed by atoms with Crippen LogP contribution in [-0.4, -0.2) is 22.7 Å². The maximum atomic E-state index is 10.8. The van der Waals surface area contributed by atoms with E-state index in [1.165, 1.54) is 12.0 Å². The van der Waals surface area contributed by atoms with Crippen LogP contribution >= 0.6 is 12.2 Å². The van der Waals surface area contributed by atoms with Crippen LogP contribution in [-0.2, 0) is 14.7 Å². The van der Waals surface area contributed by atoms with Gasteiger partial charge in [-0.1, -0.05) is 37.0 Å². The Hall–Kier alpha value is -1.66. The molecular weight excluding hydrogens is 276 g/mol. The van der Waals surface area contributed by atoms with Crippen LogP contribution in [0.4, 0.5) is 5.69 Å². The number of nitrogens with one attached hydrogen (secondary N) is 1. The number of para-hydroxylation sites is 1. The van der Waals surface area contributed by atoms with Crippen LogP contribution in [0.5, 0.6) is 0 Å². The average Bonchev–Trinajstić information content (AvgIpc) is 2.39. The largest absolute Gasteiger partial charge is 0.342 e. The molecule has 0 aromatic heterocycles. The molecule has 0 saturated carbocycles. The van der Waals surface area contributed by atoms with E-state index in [-0.39, 0.29) is 0 Å². The van der Waals surface area contributed by atoms with Crippen molar-refractivity contribution in [3.63, 3.8) is 0 Å². The van der Waals surface area contributed by atoms with Crippen LogP contribution in [0.15, 0.2) is 24.3 Å². The van der Waals surface area contributed by atoms with Crippen LogP contribution in [0.2, 0.25) is 0 Å². The number of carbonyl (C=O) groups is 1. The molecule has 1 aromatic rings. The topological polar surface area (TPSA) is 50.8 Å². The van der Waals surface area contributed by atoms with E-state index < -0.39 is 5.97 Å². The molecular formula is C14H20N2O3S. The van der Waals surface area contributed by atoms with Gasteiger partial charge in [0.05, 0.1) is 0 Å². The minimum absolute atomic E-state index is 0.335. The Labute approximate surface area is 124 Å². The fourth-order valence-electron chi connectivity index (χ4n) is 1.62. The average molecular weight is 296 g/mol. The normalized spacial score (nSPS) is 10.2. The van der Waals surface area contributed by atoms with E-state index in [9.17, 15) is 4.79 Å². The lowest BCUT2D eigenvalue weighted by atomic mass is 10.0. The molecule has 1 rings (SSSR count). The zero-order valence-corrected chi connectivity index (χ0v) is 13.0. The number of thiocarbonyl (C=S) groups is 1. The summed E-state index contributed by atoms with van der Waals surface area (Å²) in [7, 11) is 0. The van der Waals surface area contributed by atoms with Crippen molar-refractivity contribution in [2.75, 3.05) is 11.9 Å². The van der Waals surface area contributed by atoms with Crippen LogP contribution < -0.4 is 5.32 Å². The Bertz CT molecular complexity index is 477. The fraction of sp³-hybridized carbons (Fsp3) is 0.429. The highest BCUT2D eigenvalue weighted by Crippen LogP contribution is 2.23. The Morgan fingerprint density at radius 3 is 2.60 bits per heavy atom. The minimum atomic E-state index is -0.533. The molecule has 0 amide bonds. The van der Waals surface area contributed by atoms with Crippen molar-refractivity contribution in [3.05, 3.63) is 29.8 Å². The van der Waals surface area contributed by atoms with Crippen molar-refractivity contribution in [1.82, 2.24) is 5.06 Å². The Kier molecular flexibility index (Phi) is 6.41. The van der Waals surface area contributed by atoms with Gasteiger partial charge in [0.1, 0.15) is 0 Å². The highest BCUT2D eigenvalue weighted by molar-refractivity contribution is 7.80. The van der Waals surface area contributed by atoms with E-state index >= 15 is 0 Å². The lowest BCUT2D eigenvalue weighted by Gasteiger charge is -2.22. The first-order chi connectivity index (χ1) is 9.45. The zero-order chi connectivity index (χ0) is 15.1. The summed E-state index contributed by atoms with van der Waals surface area (Å²) >= 11 is 5.25. The van der Waals surface area contributed by atoms with Crippen molar-refractivity contribution in [1.29, 1.82) is 0 Å². The van der Waals surface area contributed by atoms with Crippen LogP contribution in [0.25, 0.3) is 0 Å². The summed E-state index contributed by atoms with van der Waals surface area (Å²) in [6.07, 6.45) is 0. The maximum Gasteiger partial charge on any atom is 0.342 e. The third-order valence-corrected chi connectivity index (χ3v) is 2.89. The van der Waals surface area contributed by atoms with Gasteiger partial charge >= 0.3 is 5.97 Å². The highest BCUT2D eigenvalue weighted by atomic mass is 32.1. The second kappa shape index (κ2) is 7.81. The quantitative estimate of drug-likeness (QED) is 0.511. The first kappa shape index (κ1) is 16.4. The summed E-state index contributed by atoms with van der Waals surface area (Å²) in [6, 6.07) is 7.90.